The van der Waals surface area contributed by atoms with E-state index in [4.69, 9.17) is 4.74 Å². The first kappa shape index (κ1) is 23.7. The Kier molecular flexibility index (Phi) is 7.02. The van der Waals surface area contributed by atoms with Crippen LogP contribution in [0.2, 0.25) is 0 Å². The van der Waals surface area contributed by atoms with Crippen LogP contribution in [0.1, 0.15) is 16.7 Å². The lowest BCUT2D eigenvalue weighted by Crippen LogP contribution is -2.42. The second-order valence-corrected chi connectivity index (χ2v) is 9.12. The summed E-state index contributed by atoms with van der Waals surface area (Å²) in [6, 6.07) is 9.85. The predicted molar refractivity (Wildman–Crippen MR) is 125 cm³/mol. The Hall–Kier alpha value is -2.49. The average molecular weight is 477 g/mol. The van der Waals surface area contributed by atoms with Crippen molar-refractivity contribution in [3.8, 4) is 5.69 Å². The first-order chi connectivity index (χ1) is 15.8. The van der Waals surface area contributed by atoms with Crippen molar-refractivity contribution in [2.45, 2.75) is 30.6 Å². The third-order valence-corrected chi connectivity index (χ3v) is 6.63. The van der Waals surface area contributed by atoms with Crippen LogP contribution in [0.5, 0.6) is 0 Å². The van der Waals surface area contributed by atoms with Crippen LogP contribution in [0.25, 0.3) is 5.69 Å². The summed E-state index contributed by atoms with van der Waals surface area (Å²) < 4.78 is 49.6. The number of fused-ring (bicyclic) bond motifs is 1. The summed E-state index contributed by atoms with van der Waals surface area (Å²) in [5, 5.41) is 5.19. The van der Waals surface area contributed by atoms with Gasteiger partial charge in [-0.3, -0.25) is 4.90 Å². The Labute approximate surface area is 196 Å². The Morgan fingerprint density at radius 3 is 2.39 bits per heavy atom. The second kappa shape index (κ2) is 9.79. The number of thioether (sulfide) groups is 1. The molecule has 1 aromatic heterocycles. The third kappa shape index (κ3) is 4.62. The highest BCUT2D eigenvalue weighted by atomic mass is 32.2. The van der Waals surface area contributed by atoms with Crippen molar-refractivity contribution in [3.05, 3.63) is 70.5 Å². The number of benzene rings is 2. The number of ether oxygens (including phenoxy) is 1. The summed E-state index contributed by atoms with van der Waals surface area (Å²) >= 11 is 1.41. The van der Waals surface area contributed by atoms with Crippen molar-refractivity contribution in [2.24, 2.45) is 0 Å². The van der Waals surface area contributed by atoms with Gasteiger partial charge < -0.3 is 9.64 Å². The molecule has 0 amide bonds. The van der Waals surface area contributed by atoms with E-state index in [0.717, 1.165) is 18.5 Å². The lowest BCUT2D eigenvalue weighted by atomic mass is 9.94. The van der Waals surface area contributed by atoms with E-state index in [-0.39, 0.29) is 11.7 Å². The summed E-state index contributed by atoms with van der Waals surface area (Å²) in [4.78, 5) is 4.10. The van der Waals surface area contributed by atoms with Crippen LogP contribution in [0.3, 0.4) is 0 Å². The summed E-state index contributed by atoms with van der Waals surface area (Å²) in [6.07, 6.45) is 2.73. The number of nitrogens with zero attached hydrogens (tertiary/aromatic N) is 4. The normalized spacial score (nSPS) is 16.2. The van der Waals surface area contributed by atoms with Gasteiger partial charge in [-0.05, 0) is 23.8 Å². The molecular weight excluding hydrogens is 449 g/mol. The molecule has 0 spiro atoms. The molecule has 4 rings (SSSR count). The number of aromatic nitrogens is 2. The largest absolute Gasteiger partial charge is 0.383 e. The molecule has 5 nitrogen and oxygen atoms in total. The Bertz CT molecular complexity index is 1130. The van der Waals surface area contributed by atoms with Crippen LogP contribution in [0.4, 0.5) is 19.0 Å². The number of rotatable bonds is 7. The highest BCUT2D eigenvalue weighted by Gasteiger charge is 2.31. The van der Waals surface area contributed by atoms with Gasteiger partial charge in [-0.25, -0.2) is 17.9 Å². The van der Waals surface area contributed by atoms with E-state index in [1.54, 1.807) is 26.1 Å². The van der Waals surface area contributed by atoms with Gasteiger partial charge in [0.1, 0.15) is 22.3 Å². The van der Waals surface area contributed by atoms with Crippen LogP contribution in [-0.4, -0.2) is 54.8 Å². The van der Waals surface area contributed by atoms with E-state index in [1.807, 2.05) is 18.4 Å². The van der Waals surface area contributed by atoms with Gasteiger partial charge in [0.05, 0.1) is 6.61 Å². The topological polar surface area (TPSA) is 33.5 Å². The molecular formula is C24H27F3N4OS. The molecule has 9 heteroatoms. The maximum Gasteiger partial charge on any atom is 0.154 e. The molecule has 0 radical (unpaired) electrons. The molecule has 2 aromatic carbocycles. The zero-order valence-corrected chi connectivity index (χ0v) is 19.9. The molecule has 0 fully saturated rings. The maximum absolute atomic E-state index is 14.7. The zero-order valence-electron chi connectivity index (χ0n) is 19.1. The number of hydrogen-bond donors (Lipinski definition) is 0. The van der Waals surface area contributed by atoms with Crippen LogP contribution in [0, 0.1) is 17.5 Å². The van der Waals surface area contributed by atoms with Gasteiger partial charge in [0.2, 0.25) is 0 Å². The summed E-state index contributed by atoms with van der Waals surface area (Å²) in [5.74, 6) is -2.41. The molecule has 3 aromatic rings. The van der Waals surface area contributed by atoms with E-state index in [2.05, 4.69) is 22.1 Å². The molecule has 1 unspecified atom stereocenters. The summed E-state index contributed by atoms with van der Waals surface area (Å²) in [7, 11) is 5.30. The third-order valence-electron chi connectivity index (χ3n) is 5.91. The van der Waals surface area contributed by atoms with Gasteiger partial charge in [0.15, 0.2) is 11.6 Å². The van der Waals surface area contributed by atoms with Crippen molar-refractivity contribution in [2.75, 3.05) is 39.0 Å². The number of halogens is 3. The Balaban J connectivity index is 1.80. The number of anilines is 1. The minimum absolute atomic E-state index is 0.150. The molecule has 1 aliphatic rings. The molecule has 0 N–H and O–H groups in total. The quantitative estimate of drug-likeness (QED) is 0.464. The van der Waals surface area contributed by atoms with E-state index in [1.165, 1.54) is 27.6 Å². The van der Waals surface area contributed by atoms with Crippen molar-refractivity contribution in [1.82, 2.24) is 14.7 Å². The van der Waals surface area contributed by atoms with Crippen molar-refractivity contribution in [3.63, 3.8) is 0 Å². The van der Waals surface area contributed by atoms with Gasteiger partial charge in [0.25, 0.3) is 0 Å². The van der Waals surface area contributed by atoms with E-state index in [0.29, 0.717) is 36.1 Å². The maximum atomic E-state index is 14.7. The fraction of sp³-hybridized carbons (Fsp3) is 0.375. The lowest BCUT2D eigenvalue weighted by molar-refractivity contribution is 0.0718. The molecule has 0 saturated carbocycles. The molecule has 0 aliphatic carbocycles. The first-order valence-corrected chi connectivity index (χ1v) is 11.8. The lowest BCUT2D eigenvalue weighted by Gasteiger charge is -2.37. The van der Waals surface area contributed by atoms with Crippen LogP contribution < -0.4 is 4.90 Å². The molecule has 0 bridgehead atoms. The highest BCUT2D eigenvalue weighted by molar-refractivity contribution is 7.98. The SMILES string of the molecule is COCC1Cc2ccccc2CN1Cc1c(SC)nn(-c2c(F)cc(F)cc2F)c1N(C)C. The minimum atomic E-state index is -0.999. The molecule has 1 aliphatic heterocycles. The fourth-order valence-corrected chi connectivity index (χ4v) is 5.03. The number of methoxy groups -OCH3 is 1. The minimum Gasteiger partial charge on any atom is -0.383 e. The van der Waals surface area contributed by atoms with Crippen molar-refractivity contribution >= 4 is 17.6 Å². The summed E-state index contributed by atoms with van der Waals surface area (Å²) in [6.45, 7) is 1.82. The number of hydrogen-bond acceptors (Lipinski definition) is 5. The van der Waals surface area contributed by atoms with Crippen molar-refractivity contribution < 1.29 is 17.9 Å². The first-order valence-electron chi connectivity index (χ1n) is 10.6. The molecule has 176 valence electrons. The van der Waals surface area contributed by atoms with Gasteiger partial charge in [-0.2, -0.15) is 5.10 Å². The smallest absolute Gasteiger partial charge is 0.154 e. The molecule has 2 heterocycles. The Morgan fingerprint density at radius 2 is 1.79 bits per heavy atom. The second-order valence-electron chi connectivity index (χ2n) is 8.32. The van der Waals surface area contributed by atoms with E-state index < -0.39 is 17.5 Å². The van der Waals surface area contributed by atoms with Gasteiger partial charge >= 0.3 is 0 Å². The van der Waals surface area contributed by atoms with Gasteiger partial charge in [-0.15, -0.1) is 11.8 Å². The molecule has 0 saturated heterocycles. The van der Waals surface area contributed by atoms with Crippen LogP contribution in [-0.2, 0) is 24.2 Å². The standard InChI is InChI=1S/C24H27F3N4OS/c1-29(2)24-19(13-30-12-16-8-6-5-7-15(16)9-18(30)14-32-3)23(33-4)28-31(24)22-20(26)10-17(25)11-21(22)27/h5-8,10-11,18H,9,12-14H2,1-4H3. The molecule has 1 atom stereocenters. The zero-order chi connectivity index (χ0) is 23.7. The average Bonchev–Trinajstić information content (AvgIpc) is 3.11. The van der Waals surface area contributed by atoms with Crippen LogP contribution >= 0.6 is 11.8 Å². The predicted octanol–water partition coefficient (Wildman–Crippen LogP) is 4.65. The molecule has 33 heavy (non-hydrogen) atoms. The van der Waals surface area contributed by atoms with E-state index in [9.17, 15) is 13.2 Å². The summed E-state index contributed by atoms with van der Waals surface area (Å²) in [5.41, 5.74) is 3.03. The highest BCUT2D eigenvalue weighted by Crippen LogP contribution is 2.36. The van der Waals surface area contributed by atoms with Crippen molar-refractivity contribution in [1.29, 1.82) is 0 Å². The van der Waals surface area contributed by atoms with Crippen LogP contribution in [0.15, 0.2) is 41.4 Å². The fourth-order valence-electron chi connectivity index (χ4n) is 4.46. The van der Waals surface area contributed by atoms with Gasteiger partial charge in [-0.1, -0.05) is 24.3 Å². The monoisotopic (exact) mass is 476 g/mol. The van der Waals surface area contributed by atoms with Gasteiger partial charge in [0, 0.05) is 58.0 Å². The van der Waals surface area contributed by atoms with E-state index >= 15 is 0 Å². The Morgan fingerprint density at radius 1 is 1.12 bits per heavy atom.